The zero-order valence-electron chi connectivity index (χ0n) is 24.8. The Morgan fingerprint density at radius 2 is 1.51 bits per heavy atom. The number of aliphatic hydroxyl groups is 1. The van der Waals surface area contributed by atoms with Crippen LogP contribution in [0.4, 0.5) is 9.59 Å². The third-order valence-corrected chi connectivity index (χ3v) is 6.62. The lowest BCUT2D eigenvalue weighted by Gasteiger charge is -2.27. The molecule has 1 fully saturated rings. The zero-order valence-corrected chi connectivity index (χ0v) is 25.6. The molecule has 1 aliphatic rings. The number of hydrogen-bond acceptors (Lipinski definition) is 10. The van der Waals surface area contributed by atoms with E-state index in [1.807, 2.05) is 13.8 Å². The van der Waals surface area contributed by atoms with Crippen molar-refractivity contribution in [3.05, 3.63) is 0 Å². The second kappa shape index (κ2) is 14.2. The van der Waals surface area contributed by atoms with E-state index in [4.69, 9.17) is 14.2 Å². The van der Waals surface area contributed by atoms with Crippen molar-refractivity contribution in [3.8, 4) is 0 Å². The van der Waals surface area contributed by atoms with Crippen molar-refractivity contribution in [1.82, 2.24) is 16.0 Å². The number of carbonyl (C=O) groups excluding carboxylic acids is 4. The molecule has 4 atom stereocenters. The molecule has 224 valence electrons. The van der Waals surface area contributed by atoms with Crippen molar-refractivity contribution in [2.24, 2.45) is 10.9 Å². The van der Waals surface area contributed by atoms with Crippen molar-refractivity contribution in [3.63, 3.8) is 0 Å². The molecule has 0 saturated heterocycles. The Morgan fingerprint density at radius 3 is 1.92 bits per heavy atom. The minimum Gasteiger partial charge on any atom is -0.464 e. The first-order valence-corrected chi connectivity index (χ1v) is 14.1. The van der Waals surface area contributed by atoms with E-state index in [0.717, 1.165) is 0 Å². The molecular weight excluding hydrogens is 528 g/mol. The summed E-state index contributed by atoms with van der Waals surface area (Å²) in [7, 11) is 0. The molecule has 0 heterocycles. The van der Waals surface area contributed by atoms with E-state index >= 15 is 0 Å². The summed E-state index contributed by atoms with van der Waals surface area (Å²) in [4.78, 5) is 54.6. The van der Waals surface area contributed by atoms with E-state index in [0.29, 0.717) is 5.75 Å². The van der Waals surface area contributed by atoms with Crippen LogP contribution in [0.15, 0.2) is 4.99 Å². The van der Waals surface area contributed by atoms with E-state index in [1.54, 1.807) is 60.2 Å². The highest BCUT2D eigenvalue weighted by Gasteiger charge is 2.50. The van der Waals surface area contributed by atoms with Crippen LogP contribution in [0.3, 0.4) is 0 Å². The van der Waals surface area contributed by atoms with Gasteiger partial charge < -0.3 is 24.6 Å². The van der Waals surface area contributed by atoms with Gasteiger partial charge in [-0.15, -0.1) is 0 Å². The Kier molecular flexibility index (Phi) is 12.6. The van der Waals surface area contributed by atoms with Crippen LogP contribution in [-0.2, 0) is 23.8 Å². The van der Waals surface area contributed by atoms with Crippen molar-refractivity contribution < 1.29 is 38.5 Å². The molecule has 4 unspecified atom stereocenters. The van der Waals surface area contributed by atoms with Crippen LogP contribution < -0.4 is 16.0 Å². The molecule has 4 N–H and O–H groups in total. The Bertz CT molecular complexity index is 881. The number of nitrogens with one attached hydrogen (secondary N) is 3. The standard InChI is InChI=1S/C26H46N4O8S/c1-11-36-20(32)19(27-16(4)31)17-12-26(35,14-39-15(2)3)13-18(17)28-21(29-22(33)37-24(5,6)7)30-23(34)38-25(8,9)10/h15,17-19,35H,11-14H2,1-10H3,(H,27,31)(H2,28,29,30,33,34). The molecule has 0 bridgehead atoms. The number of aliphatic imine (C=N–C) groups is 1. The van der Waals surface area contributed by atoms with Crippen molar-refractivity contribution >= 4 is 41.8 Å². The summed E-state index contributed by atoms with van der Waals surface area (Å²) in [5.41, 5.74) is -2.89. The Labute approximate surface area is 235 Å². The smallest absolute Gasteiger partial charge is 0.414 e. The van der Waals surface area contributed by atoms with E-state index in [9.17, 15) is 24.3 Å². The largest absolute Gasteiger partial charge is 0.464 e. The molecule has 1 saturated carbocycles. The number of thioether (sulfide) groups is 1. The molecule has 1 rings (SSSR count). The molecule has 0 aromatic rings. The summed E-state index contributed by atoms with van der Waals surface area (Å²) in [5, 5.41) is 19.2. The Hall–Kier alpha value is -2.54. The molecule has 0 radical (unpaired) electrons. The van der Waals surface area contributed by atoms with Gasteiger partial charge in [0.05, 0.1) is 18.2 Å². The maximum absolute atomic E-state index is 12.9. The van der Waals surface area contributed by atoms with Gasteiger partial charge in [0.1, 0.15) is 17.2 Å². The topological polar surface area (TPSA) is 165 Å². The first kappa shape index (κ1) is 34.5. The molecule has 39 heavy (non-hydrogen) atoms. The predicted octanol–water partition coefficient (Wildman–Crippen LogP) is 3.11. The number of hydrogen-bond donors (Lipinski definition) is 4. The number of guanidine groups is 1. The van der Waals surface area contributed by atoms with E-state index in [1.165, 1.54) is 6.92 Å². The summed E-state index contributed by atoms with van der Waals surface area (Å²) < 4.78 is 15.8. The SMILES string of the molecule is CCOC(=O)C(NC(C)=O)C1CC(O)(CSC(C)C)CC1N=C(NC(=O)OC(C)(C)C)NC(=O)OC(C)(C)C. The van der Waals surface area contributed by atoms with E-state index in [2.05, 4.69) is 20.9 Å². The molecule has 13 heteroatoms. The normalized spacial score (nSPS) is 21.9. The number of carbonyl (C=O) groups is 4. The number of alkyl carbamates (subject to hydrolysis) is 2. The predicted molar refractivity (Wildman–Crippen MR) is 149 cm³/mol. The second-order valence-electron chi connectivity index (χ2n) is 11.9. The van der Waals surface area contributed by atoms with Crippen molar-refractivity contribution in [2.45, 2.75) is 116 Å². The Balaban J connectivity index is 3.50. The van der Waals surface area contributed by atoms with Crippen LogP contribution in [0.5, 0.6) is 0 Å². The fraction of sp³-hybridized carbons (Fsp3) is 0.808. The highest BCUT2D eigenvalue weighted by atomic mass is 32.2. The van der Waals surface area contributed by atoms with Gasteiger partial charge in [0.2, 0.25) is 11.9 Å². The fourth-order valence-corrected chi connectivity index (χ4v) is 4.85. The summed E-state index contributed by atoms with van der Waals surface area (Å²) in [5.74, 6) is -1.75. The van der Waals surface area contributed by atoms with Crippen LogP contribution in [0.25, 0.3) is 0 Å². The second-order valence-corrected chi connectivity index (χ2v) is 13.5. The van der Waals surface area contributed by atoms with Gasteiger partial charge in [-0.05, 0) is 66.6 Å². The monoisotopic (exact) mass is 574 g/mol. The summed E-state index contributed by atoms with van der Waals surface area (Å²) in [6, 6.07) is -1.91. The minimum absolute atomic E-state index is 0.0920. The number of rotatable bonds is 8. The number of nitrogens with zero attached hydrogens (tertiary/aromatic N) is 1. The van der Waals surface area contributed by atoms with Crippen LogP contribution in [-0.4, -0.2) is 81.6 Å². The average Bonchev–Trinajstić information content (AvgIpc) is 3.03. The van der Waals surface area contributed by atoms with Crippen LogP contribution in [0, 0.1) is 5.92 Å². The number of amides is 3. The van der Waals surface area contributed by atoms with E-state index < -0.39 is 58.9 Å². The van der Waals surface area contributed by atoms with Gasteiger partial charge in [0.15, 0.2) is 0 Å². The lowest BCUT2D eigenvalue weighted by atomic mass is 9.93. The molecule has 12 nitrogen and oxygen atoms in total. The molecule has 0 aliphatic heterocycles. The van der Waals surface area contributed by atoms with Crippen molar-refractivity contribution in [1.29, 1.82) is 0 Å². The molecular formula is C26H46N4O8S. The van der Waals surface area contributed by atoms with Gasteiger partial charge in [0, 0.05) is 18.6 Å². The first-order valence-electron chi connectivity index (χ1n) is 13.1. The van der Waals surface area contributed by atoms with Gasteiger partial charge in [0.25, 0.3) is 0 Å². The van der Waals surface area contributed by atoms with E-state index in [-0.39, 0.29) is 30.7 Å². The average molecular weight is 575 g/mol. The van der Waals surface area contributed by atoms with Crippen LogP contribution in [0.2, 0.25) is 0 Å². The fourth-order valence-electron chi connectivity index (χ4n) is 3.97. The Morgan fingerprint density at radius 1 is 1.00 bits per heavy atom. The molecule has 0 aromatic carbocycles. The van der Waals surface area contributed by atoms with Crippen LogP contribution in [0.1, 0.15) is 82.1 Å². The minimum atomic E-state index is -1.24. The maximum Gasteiger partial charge on any atom is 0.414 e. The molecule has 1 aliphatic carbocycles. The first-order chi connectivity index (χ1) is 17.7. The molecule has 0 aromatic heterocycles. The number of esters is 1. The quantitative estimate of drug-likeness (QED) is 0.147. The van der Waals surface area contributed by atoms with Crippen LogP contribution >= 0.6 is 11.8 Å². The van der Waals surface area contributed by atoms with Gasteiger partial charge in [-0.25, -0.2) is 19.4 Å². The van der Waals surface area contributed by atoms with Gasteiger partial charge in [-0.1, -0.05) is 13.8 Å². The summed E-state index contributed by atoms with van der Waals surface area (Å²) in [6.07, 6.45) is -1.53. The summed E-state index contributed by atoms with van der Waals surface area (Å²) in [6.45, 7) is 17.1. The summed E-state index contributed by atoms with van der Waals surface area (Å²) >= 11 is 1.55. The maximum atomic E-state index is 12.9. The highest BCUT2D eigenvalue weighted by molar-refractivity contribution is 7.99. The third-order valence-electron chi connectivity index (χ3n) is 5.25. The van der Waals surface area contributed by atoms with Crippen molar-refractivity contribution in [2.75, 3.05) is 12.4 Å². The molecule has 3 amide bonds. The van der Waals surface area contributed by atoms with Gasteiger partial charge in [-0.2, -0.15) is 11.8 Å². The zero-order chi connectivity index (χ0) is 30.2. The van der Waals surface area contributed by atoms with Gasteiger partial charge >= 0.3 is 18.2 Å². The lowest BCUT2D eigenvalue weighted by Crippen LogP contribution is -2.50. The lowest BCUT2D eigenvalue weighted by molar-refractivity contribution is -0.149. The molecule has 0 spiro atoms. The highest BCUT2D eigenvalue weighted by Crippen LogP contribution is 2.41. The third kappa shape index (κ3) is 13.4. The van der Waals surface area contributed by atoms with Gasteiger partial charge in [-0.3, -0.25) is 15.4 Å². The number of ether oxygens (including phenoxy) is 3.